The maximum absolute atomic E-state index is 11.5. The van der Waals surface area contributed by atoms with Crippen molar-refractivity contribution in [2.75, 3.05) is 19.4 Å². The average Bonchev–Trinajstić information content (AvgIpc) is 2.99. The Morgan fingerprint density at radius 2 is 2.43 bits per heavy atom. The predicted octanol–water partition coefficient (Wildman–Crippen LogP) is 1.61. The van der Waals surface area contributed by atoms with Crippen LogP contribution in [0.25, 0.3) is 5.69 Å². The number of nitrogens with one attached hydrogen (secondary N) is 1. The molecule has 0 bridgehead atoms. The molecular formula is C14H14N4O2S. The summed E-state index contributed by atoms with van der Waals surface area (Å²) in [7, 11) is 1.61. The molecule has 0 spiro atoms. The van der Waals surface area contributed by atoms with Gasteiger partial charge in [0, 0.05) is 18.5 Å². The minimum absolute atomic E-state index is 0.0176. The van der Waals surface area contributed by atoms with E-state index in [4.69, 9.17) is 10.00 Å². The van der Waals surface area contributed by atoms with E-state index in [-0.39, 0.29) is 18.2 Å². The van der Waals surface area contributed by atoms with Gasteiger partial charge in [-0.15, -0.1) is 0 Å². The molecule has 0 aliphatic carbocycles. The molecule has 0 aliphatic heterocycles. The zero-order valence-corrected chi connectivity index (χ0v) is 12.3. The fraction of sp³-hybridized carbons (Fsp3) is 0.214. The van der Waals surface area contributed by atoms with Crippen molar-refractivity contribution in [3.8, 4) is 17.5 Å². The number of carbonyl (C=O) groups is 1. The average molecular weight is 302 g/mol. The third-order valence-electron chi connectivity index (χ3n) is 2.64. The summed E-state index contributed by atoms with van der Waals surface area (Å²) in [5, 5.41) is 11.6. The van der Waals surface area contributed by atoms with Gasteiger partial charge in [0.2, 0.25) is 5.91 Å². The van der Waals surface area contributed by atoms with Crippen molar-refractivity contribution in [2.24, 2.45) is 0 Å². The lowest BCUT2D eigenvalue weighted by molar-refractivity contribution is -0.118. The van der Waals surface area contributed by atoms with E-state index < -0.39 is 0 Å². The van der Waals surface area contributed by atoms with Gasteiger partial charge in [0.15, 0.2) is 5.16 Å². The number of nitriles is 1. The monoisotopic (exact) mass is 302 g/mol. The first kappa shape index (κ1) is 14.9. The normalized spacial score (nSPS) is 9.90. The van der Waals surface area contributed by atoms with Gasteiger partial charge in [-0.25, -0.2) is 4.98 Å². The number of imidazole rings is 1. The van der Waals surface area contributed by atoms with Gasteiger partial charge in [-0.05, 0) is 12.1 Å². The van der Waals surface area contributed by atoms with Crippen molar-refractivity contribution in [1.82, 2.24) is 14.9 Å². The van der Waals surface area contributed by atoms with Crippen LogP contribution in [0.15, 0.2) is 41.8 Å². The van der Waals surface area contributed by atoms with Crippen molar-refractivity contribution in [3.05, 3.63) is 36.7 Å². The molecule has 0 saturated carbocycles. The summed E-state index contributed by atoms with van der Waals surface area (Å²) >= 11 is 1.31. The second-order valence-corrected chi connectivity index (χ2v) is 4.95. The molecule has 0 atom stereocenters. The van der Waals surface area contributed by atoms with Crippen LogP contribution in [-0.2, 0) is 4.79 Å². The molecule has 0 radical (unpaired) electrons. The zero-order valence-electron chi connectivity index (χ0n) is 11.4. The highest BCUT2D eigenvalue weighted by atomic mass is 32.2. The molecule has 1 N–H and O–H groups in total. The lowest BCUT2D eigenvalue weighted by atomic mass is 10.3. The van der Waals surface area contributed by atoms with Gasteiger partial charge in [0.1, 0.15) is 12.3 Å². The summed E-state index contributed by atoms with van der Waals surface area (Å²) in [6.45, 7) is 0.0176. The quantitative estimate of drug-likeness (QED) is 0.648. The van der Waals surface area contributed by atoms with Gasteiger partial charge < -0.3 is 10.1 Å². The summed E-state index contributed by atoms with van der Waals surface area (Å²) < 4.78 is 7.08. The van der Waals surface area contributed by atoms with Crippen LogP contribution in [0.5, 0.6) is 5.75 Å². The number of carbonyl (C=O) groups excluding carboxylic acids is 1. The highest BCUT2D eigenvalue weighted by Crippen LogP contribution is 2.22. The van der Waals surface area contributed by atoms with Gasteiger partial charge in [-0.1, -0.05) is 17.8 Å². The third-order valence-corrected chi connectivity index (χ3v) is 3.60. The van der Waals surface area contributed by atoms with E-state index in [0.717, 1.165) is 11.4 Å². The van der Waals surface area contributed by atoms with Crippen molar-refractivity contribution < 1.29 is 9.53 Å². The summed E-state index contributed by atoms with van der Waals surface area (Å²) in [6, 6.07) is 9.45. The molecule has 0 saturated heterocycles. The Bertz CT molecular complexity index is 663. The molecule has 1 heterocycles. The van der Waals surface area contributed by atoms with Crippen LogP contribution in [-0.4, -0.2) is 34.9 Å². The second kappa shape index (κ2) is 7.36. The van der Waals surface area contributed by atoms with E-state index in [2.05, 4.69) is 10.3 Å². The minimum Gasteiger partial charge on any atom is -0.497 e. The lowest BCUT2D eigenvalue weighted by Gasteiger charge is -2.08. The molecular weight excluding hydrogens is 288 g/mol. The zero-order chi connectivity index (χ0) is 15.1. The maximum Gasteiger partial charge on any atom is 0.231 e. The molecule has 2 aromatic rings. The molecule has 0 aliphatic rings. The molecule has 0 fully saturated rings. The van der Waals surface area contributed by atoms with Crippen LogP contribution >= 0.6 is 11.8 Å². The number of methoxy groups -OCH3 is 1. The molecule has 7 heteroatoms. The van der Waals surface area contributed by atoms with E-state index in [0.29, 0.717) is 5.16 Å². The Hall–Kier alpha value is -2.46. The predicted molar refractivity (Wildman–Crippen MR) is 79.5 cm³/mol. The van der Waals surface area contributed by atoms with E-state index >= 15 is 0 Å². The van der Waals surface area contributed by atoms with Crippen LogP contribution in [0.4, 0.5) is 0 Å². The number of nitrogens with zero attached hydrogens (tertiary/aromatic N) is 3. The lowest BCUT2D eigenvalue weighted by Crippen LogP contribution is -2.25. The number of thioether (sulfide) groups is 1. The first-order chi connectivity index (χ1) is 10.2. The minimum atomic E-state index is -0.193. The van der Waals surface area contributed by atoms with Crippen LogP contribution in [0.2, 0.25) is 0 Å². The standard InChI is InChI=1S/C14H14N4O2S/c1-20-12-4-2-3-11(9-12)18-8-7-17-14(18)21-10-13(19)16-6-5-15/h2-4,7-9H,6,10H2,1H3,(H,16,19). The maximum atomic E-state index is 11.5. The Morgan fingerprint density at radius 3 is 3.19 bits per heavy atom. The number of aromatic nitrogens is 2. The highest BCUT2D eigenvalue weighted by molar-refractivity contribution is 7.99. The Kier molecular flexibility index (Phi) is 5.23. The van der Waals surface area contributed by atoms with Crippen molar-refractivity contribution in [1.29, 1.82) is 5.26 Å². The summed E-state index contributed by atoms with van der Waals surface area (Å²) in [4.78, 5) is 15.7. The Labute approximate surface area is 126 Å². The summed E-state index contributed by atoms with van der Waals surface area (Å²) in [6.07, 6.45) is 3.50. The highest BCUT2D eigenvalue weighted by Gasteiger charge is 2.09. The Morgan fingerprint density at radius 1 is 1.57 bits per heavy atom. The van der Waals surface area contributed by atoms with Gasteiger partial charge in [0.25, 0.3) is 0 Å². The molecule has 2 rings (SSSR count). The van der Waals surface area contributed by atoms with Gasteiger partial charge in [-0.2, -0.15) is 5.26 Å². The van der Waals surface area contributed by atoms with Gasteiger partial charge >= 0.3 is 0 Å². The number of amides is 1. The molecule has 108 valence electrons. The molecule has 6 nitrogen and oxygen atoms in total. The summed E-state index contributed by atoms with van der Waals surface area (Å²) in [5.41, 5.74) is 0.909. The topological polar surface area (TPSA) is 79.9 Å². The first-order valence-corrected chi connectivity index (χ1v) is 7.17. The number of rotatable bonds is 6. The van der Waals surface area contributed by atoms with Crippen molar-refractivity contribution in [3.63, 3.8) is 0 Å². The third kappa shape index (κ3) is 4.00. The second-order valence-electron chi connectivity index (χ2n) is 4.00. The molecule has 1 aromatic carbocycles. The van der Waals surface area contributed by atoms with Gasteiger partial charge in [0.05, 0.1) is 24.6 Å². The fourth-order valence-corrected chi connectivity index (χ4v) is 2.48. The van der Waals surface area contributed by atoms with E-state index in [1.807, 2.05) is 41.1 Å². The van der Waals surface area contributed by atoms with E-state index in [1.165, 1.54) is 11.8 Å². The molecule has 21 heavy (non-hydrogen) atoms. The molecule has 0 unspecified atom stereocenters. The first-order valence-electron chi connectivity index (χ1n) is 6.19. The smallest absolute Gasteiger partial charge is 0.231 e. The fourth-order valence-electron chi connectivity index (χ4n) is 1.67. The van der Waals surface area contributed by atoms with E-state index in [1.54, 1.807) is 13.3 Å². The Balaban J connectivity index is 2.08. The van der Waals surface area contributed by atoms with Crippen LogP contribution in [0, 0.1) is 11.3 Å². The van der Waals surface area contributed by atoms with E-state index in [9.17, 15) is 4.79 Å². The molecule has 1 aromatic heterocycles. The SMILES string of the molecule is COc1cccc(-n2ccnc2SCC(=O)NCC#N)c1. The molecule has 1 amide bonds. The van der Waals surface area contributed by atoms with Crippen molar-refractivity contribution in [2.45, 2.75) is 5.16 Å². The number of benzene rings is 1. The van der Waals surface area contributed by atoms with Gasteiger partial charge in [-0.3, -0.25) is 9.36 Å². The number of hydrogen-bond acceptors (Lipinski definition) is 5. The number of hydrogen-bond donors (Lipinski definition) is 1. The van der Waals surface area contributed by atoms with Crippen molar-refractivity contribution >= 4 is 17.7 Å². The largest absolute Gasteiger partial charge is 0.497 e. The van der Waals surface area contributed by atoms with Crippen LogP contribution in [0.3, 0.4) is 0 Å². The summed E-state index contributed by atoms with van der Waals surface area (Å²) in [5.74, 6) is 0.772. The van der Waals surface area contributed by atoms with Crippen LogP contribution in [0.1, 0.15) is 0 Å². The van der Waals surface area contributed by atoms with Crippen LogP contribution < -0.4 is 10.1 Å². The number of ether oxygens (including phenoxy) is 1.